The molecule has 1 aliphatic rings. The third kappa shape index (κ3) is 7.34. The van der Waals surface area contributed by atoms with Crippen molar-refractivity contribution in [2.24, 2.45) is 5.73 Å². The number of nitrogens with two attached hydrogens (primary N) is 1. The van der Waals surface area contributed by atoms with Gasteiger partial charge in [0, 0.05) is 28.8 Å². The molecule has 1 heterocycles. The molecule has 0 aliphatic carbocycles. The second kappa shape index (κ2) is 15.5. The van der Waals surface area contributed by atoms with Gasteiger partial charge in [0.2, 0.25) is 17.3 Å². The molecule has 3 N–H and O–H groups in total. The van der Waals surface area contributed by atoms with E-state index in [2.05, 4.69) is 5.32 Å². The molecule has 198 valence electrons. The van der Waals surface area contributed by atoms with Crippen LogP contribution in [0.4, 0.5) is 0 Å². The molecule has 0 radical (unpaired) electrons. The van der Waals surface area contributed by atoms with Gasteiger partial charge in [0.15, 0.2) is 17.8 Å². The fraction of sp³-hybridized carbons (Fsp3) is 0.462. The molecule has 0 spiro atoms. The van der Waals surface area contributed by atoms with E-state index in [9.17, 15) is 9.59 Å². The average Bonchev–Trinajstić information content (AvgIpc) is 3.38. The topological polar surface area (TPSA) is 118 Å². The second-order valence-corrected chi connectivity index (χ2v) is 9.37. The number of Topliss-reactive ketones (excluding diaryl/α,β-unsaturated/α-hetero) is 1. The molecule has 3 rings (SSSR count). The molecule has 0 saturated carbocycles. The fourth-order valence-electron chi connectivity index (χ4n) is 4.44. The molecule has 2 aromatic carbocycles. The summed E-state index contributed by atoms with van der Waals surface area (Å²) >= 11 is 1.65. The fourth-order valence-corrected chi connectivity index (χ4v) is 5.66. The maximum absolute atomic E-state index is 11.8. The Labute approximate surface area is 244 Å². The van der Waals surface area contributed by atoms with Gasteiger partial charge < -0.3 is 29.4 Å². The van der Waals surface area contributed by atoms with Crippen LogP contribution in [0.1, 0.15) is 23.1 Å². The van der Waals surface area contributed by atoms with Crippen molar-refractivity contribution in [2.75, 3.05) is 40.9 Å². The number of thioether (sulfide) groups is 1. The first-order chi connectivity index (χ1) is 17.5. The van der Waals surface area contributed by atoms with Crippen molar-refractivity contribution in [3.05, 3.63) is 41.0 Å². The van der Waals surface area contributed by atoms with Crippen LogP contribution in [-0.4, -0.2) is 93.8 Å². The number of nitrogens with one attached hydrogen (secondary N) is 1. The molecule has 11 heteroatoms. The second-order valence-electron chi connectivity index (χ2n) is 8.15. The summed E-state index contributed by atoms with van der Waals surface area (Å²) in [6, 6.07) is 7.40. The van der Waals surface area contributed by atoms with Gasteiger partial charge >= 0.3 is 29.6 Å². The van der Waals surface area contributed by atoms with Crippen molar-refractivity contribution < 1.29 is 33.3 Å². The van der Waals surface area contributed by atoms with Gasteiger partial charge in [0.05, 0.1) is 41.1 Å². The van der Waals surface area contributed by atoms with E-state index in [1.54, 1.807) is 40.2 Å². The van der Waals surface area contributed by atoms with Gasteiger partial charge in [-0.2, -0.15) is 0 Å². The predicted octanol–water partition coefficient (Wildman–Crippen LogP) is 1.88. The van der Waals surface area contributed by atoms with Crippen LogP contribution in [0.3, 0.4) is 0 Å². The summed E-state index contributed by atoms with van der Waals surface area (Å²) in [5, 5.41) is 3.13. The van der Waals surface area contributed by atoms with E-state index in [4.69, 9.17) is 29.4 Å². The molecule has 1 saturated heterocycles. The number of hydrogen-bond donors (Lipinski definition) is 2. The summed E-state index contributed by atoms with van der Waals surface area (Å²) in [5.74, 6) is 3.05. The van der Waals surface area contributed by atoms with Gasteiger partial charge in [-0.05, 0) is 37.0 Å². The van der Waals surface area contributed by atoms with Crippen LogP contribution in [0, 0.1) is 0 Å². The van der Waals surface area contributed by atoms with E-state index in [-0.39, 0.29) is 41.4 Å². The molecule has 0 bridgehead atoms. The van der Waals surface area contributed by atoms with Crippen molar-refractivity contribution >= 4 is 53.4 Å². The molecule has 2 atom stereocenters. The number of methoxy groups -OCH3 is 4. The van der Waals surface area contributed by atoms with E-state index in [0.29, 0.717) is 61.0 Å². The van der Waals surface area contributed by atoms with Gasteiger partial charge in [-0.3, -0.25) is 14.9 Å². The Morgan fingerprint density at radius 2 is 1.59 bits per heavy atom. The minimum absolute atomic E-state index is 0. The number of benzene rings is 2. The first-order valence-electron chi connectivity index (χ1n) is 11.7. The summed E-state index contributed by atoms with van der Waals surface area (Å²) in [6.07, 6.45) is 2.45. The van der Waals surface area contributed by atoms with E-state index >= 15 is 0 Å². The molecule has 1 aliphatic heterocycles. The van der Waals surface area contributed by atoms with Crippen molar-refractivity contribution in [1.82, 2.24) is 5.32 Å². The maximum atomic E-state index is 11.8. The van der Waals surface area contributed by atoms with Crippen molar-refractivity contribution in [1.29, 1.82) is 0 Å². The summed E-state index contributed by atoms with van der Waals surface area (Å²) < 4.78 is 28.3. The van der Waals surface area contributed by atoms with Gasteiger partial charge in [-0.15, -0.1) is 11.8 Å². The number of ketones is 1. The van der Waals surface area contributed by atoms with Crippen molar-refractivity contribution in [3.8, 4) is 28.7 Å². The zero-order valence-electron chi connectivity index (χ0n) is 21.1. The monoisotopic (exact) mass is 542 g/mol. The molecule has 2 aromatic rings. The third-order valence-corrected chi connectivity index (χ3v) is 7.35. The number of carbonyl (C=O) groups excluding carboxylic acids is 2. The number of carbonyl (C=O) groups is 2. The Morgan fingerprint density at radius 3 is 2.14 bits per heavy atom. The number of ether oxygens (including phenoxy) is 5. The number of aldehydes is 1. The Bertz CT molecular complexity index is 1020. The molecule has 2 unspecified atom stereocenters. The normalized spacial score (nSPS) is 16.5. The molecular weight excluding hydrogens is 507 g/mol. The quantitative estimate of drug-likeness (QED) is 0.159. The van der Waals surface area contributed by atoms with E-state index < -0.39 is 11.8 Å². The minimum atomic E-state index is -0.422. The molecule has 1 fully saturated rings. The summed E-state index contributed by atoms with van der Waals surface area (Å²) in [4.78, 5) is 22.7. The van der Waals surface area contributed by atoms with Gasteiger partial charge in [-0.25, -0.2) is 0 Å². The van der Waals surface area contributed by atoms with E-state index in [1.165, 1.54) is 0 Å². The zero-order chi connectivity index (χ0) is 26.1. The van der Waals surface area contributed by atoms with Crippen LogP contribution >= 0.6 is 11.8 Å². The van der Waals surface area contributed by atoms with E-state index in [1.807, 2.05) is 24.3 Å². The van der Waals surface area contributed by atoms with Crippen LogP contribution in [0.5, 0.6) is 28.7 Å². The molecule has 0 amide bonds. The van der Waals surface area contributed by atoms with Crippen molar-refractivity contribution in [2.45, 2.75) is 37.1 Å². The zero-order valence-corrected chi connectivity index (χ0v) is 21.9. The Morgan fingerprint density at radius 1 is 1.00 bits per heavy atom. The summed E-state index contributed by atoms with van der Waals surface area (Å²) in [7, 11) is 6.26. The van der Waals surface area contributed by atoms with Gasteiger partial charge in [0.25, 0.3) is 0 Å². The van der Waals surface area contributed by atoms with Crippen LogP contribution in [-0.2, 0) is 29.0 Å². The Balaban J connectivity index is 0.00000481. The first kappa shape index (κ1) is 31.3. The predicted molar refractivity (Wildman–Crippen MR) is 146 cm³/mol. The SMILES string of the molecule is COc1c(CN)c(CCCOc2ccc(CC3SCNC3C(=O)C=O)cc2)c(OC)c(OC)c1OC.[NaH]. The van der Waals surface area contributed by atoms with Crippen LogP contribution < -0.4 is 34.7 Å². The number of rotatable bonds is 14. The van der Waals surface area contributed by atoms with E-state index in [0.717, 1.165) is 22.4 Å². The number of hydrogen-bond acceptors (Lipinski definition) is 10. The molecule has 37 heavy (non-hydrogen) atoms. The standard InChI is InChI=1S/C26H34N2O7S.Na.H/c1-31-23-18(19(13-27)24(32-2)26(34-4)25(23)33-3)6-5-11-35-17-9-7-16(8-10-17)12-21-22(20(30)14-29)28-15-36-21;;/h7-10,14,21-22,28H,5-6,11-13,15,27H2,1-4H3;;. The van der Waals surface area contributed by atoms with Crippen LogP contribution in [0.2, 0.25) is 0 Å². The Hall–Kier alpha value is -1.95. The van der Waals surface area contributed by atoms with Gasteiger partial charge in [0.1, 0.15) is 5.75 Å². The molecule has 9 nitrogen and oxygen atoms in total. The molecule has 0 aromatic heterocycles. The van der Waals surface area contributed by atoms with Crippen molar-refractivity contribution in [3.63, 3.8) is 0 Å². The third-order valence-electron chi connectivity index (χ3n) is 6.15. The summed E-state index contributed by atoms with van der Waals surface area (Å²) in [5.41, 5.74) is 8.85. The average molecular weight is 543 g/mol. The first-order valence-corrected chi connectivity index (χ1v) is 12.7. The molecular formula is C26H35N2NaO7S. The summed E-state index contributed by atoms with van der Waals surface area (Å²) in [6.45, 7) is 0.743. The van der Waals surface area contributed by atoms with Crippen LogP contribution in [0.15, 0.2) is 24.3 Å². The Kier molecular flexibility index (Phi) is 13.1. The van der Waals surface area contributed by atoms with Gasteiger partial charge in [-0.1, -0.05) is 12.1 Å². The van der Waals surface area contributed by atoms with Crippen LogP contribution in [0.25, 0.3) is 0 Å².